The third kappa shape index (κ3) is 4.30. The Bertz CT molecular complexity index is 598. The van der Waals surface area contributed by atoms with E-state index in [1.807, 2.05) is 18.2 Å². The minimum Gasteiger partial charge on any atom is -0.329 e. The Morgan fingerprint density at radius 2 is 1.86 bits per heavy atom. The molecule has 0 aliphatic heterocycles. The fourth-order valence-corrected chi connectivity index (χ4v) is 2.90. The number of likely N-dealkylation sites (N-methyl/N-ethyl adjacent to an activating group) is 1. The summed E-state index contributed by atoms with van der Waals surface area (Å²) < 4.78 is 0.906. The number of hydrogen-bond donors (Lipinski definition) is 1. The molecule has 0 saturated heterocycles. The maximum atomic E-state index is 6.06. The molecule has 0 saturated carbocycles. The molecule has 2 N–H and O–H groups in total. The molecule has 0 aromatic heterocycles. The predicted molar refractivity (Wildman–Crippen MR) is 93.6 cm³/mol. The van der Waals surface area contributed by atoms with Gasteiger partial charge in [-0.1, -0.05) is 47.5 Å². The summed E-state index contributed by atoms with van der Waals surface area (Å²) >= 11 is 9.54. The van der Waals surface area contributed by atoms with Crippen LogP contribution in [0.15, 0.2) is 46.9 Å². The summed E-state index contributed by atoms with van der Waals surface area (Å²) in [4.78, 5) is 2.26. The van der Waals surface area contributed by atoms with Crippen LogP contribution in [0.25, 0.3) is 0 Å². The van der Waals surface area contributed by atoms with Crippen LogP contribution in [0.5, 0.6) is 0 Å². The van der Waals surface area contributed by atoms with Crippen molar-refractivity contribution in [3.05, 3.63) is 68.7 Å². The average Bonchev–Trinajstić information content (AvgIpc) is 2.46. The zero-order valence-electron chi connectivity index (χ0n) is 12.3. The van der Waals surface area contributed by atoms with Crippen molar-refractivity contribution in [1.82, 2.24) is 4.90 Å². The van der Waals surface area contributed by atoms with E-state index in [4.69, 9.17) is 17.3 Å². The molecule has 2 aromatic carbocycles. The Labute approximate surface area is 140 Å². The van der Waals surface area contributed by atoms with Crippen LogP contribution in [0.3, 0.4) is 0 Å². The van der Waals surface area contributed by atoms with Crippen LogP contribution < -0.4 is 5.73 Å². The summed E-state index contributed by atoms with van der Waals surface area (Å²) in [5, 5.41) is 0.718. The van der Waals surface area contributed by atoms with Gasteiger partial charge in [0.1, 0.15) is 0 Å². The van der Waals surface area contributed by atoms with Gasteiger partial charge in [0, 0.05) is 23.6 Å². The molecule has 0 radical (unpaired) electrons. The minimum atomic E-state index is 0.167. The van der Waals surface area contributed by atoms with Gasteiger partial charge >= 0.3 is 0 Å². The van der Waals surface area contributed by atoms with Crippen LogP contribution in [0.4, 0.5) is 0 Å². The van der Waals surface area contributed by atoms with Crippen LogP contribution in [-0.2, 0) is 6.54 Å². The van der Waals surface area contributed by atoms with Crippen LogP contribution in [0.1, 0.15) is 22.7 Å². The Kier molecular flexibility index (Phi) is 5.82. The van der Waals surface area contributed by atoms with E-state index in [0.717, 1.165) is 16.0 Å². The van der Waals surface area contributed by atoms with Gasteiger partial charge in [0.05, 0.1) is 5.02 Å². The van der Waals surface area contributed by atoms with Crippen molar-refractivity contribution >= 4 is 27.5 Å². The summed E-state index contributed by atoms with van der Waals surface area (Å²) in [6.45, 7) is 3.53. The maximum absolute atomic E-state index is 6.06. The number of benzene rings is 2. The standard InChI is InChI=1S/C17H20BrClN2/c1-12-3-5-13(6-4-12)11-21(2)17(10-20)14-7-8-16(19)15(18)9-14/h3-9,17H,10-11,20H2,1-2H3. The first kappa shape index (κ1) is 16.5. The Morgan fingerprint density at radius 3 is 2.43 bits per heavy atom. The highest BCUT2D eigenvalue weighted by Gasteiger charge is 2.16. The lowest BCUT2D eigenvalue weighted by molar-refractivity contribution is 0.242. The molecule has 4 heteroatoms. The first-order valence-corrected chi connectivity index (χ1v) is 8.09. The lowest BCUT2D eigenvalue weighted by Crippen LogP contribution is -2.30. The van der Waals surface area contributed by atoms with Crippen molar-refractivity contribution in [3.8, 4) is 0 Å². The molecule has 1 atom stereocenters. The number of rotatable bonds is 5. The summed E-state index contributed by atoms with van der Waals surface area (Å²) in [5.74, 6) is 0. The number of aryl methyl sites for hydroxylation is 1. The molecule has 21 heavy (non-hydrogen) atoms. The number of halogens is 2. The van der Waals surface area contributed by atoms with Crippen LogP contribution in [0, 0.1) is 6.92 Å². The number of nitrogens with two attached hydrogens (primary N) is 1. The maximum Gasteiger partial charge on any atom is 0.0548 e. The van der Waals surface area contributed by atoms with Gasteiger partial charge in [0.25, 0.3) is 0 Å². The topological polar surface area (TPSA) is 29.3 Å². The fourth-order valence-electron chi connectivity index (χ4n) is 2.38. The highest BCUT2D eigenvalue weighted by atomic mass is 79.9. The first-order valence-electron chi connectivity index (χ1n) is 6.92. The average molecular weight is 368 g/mol. The summed E-state index contributed by atoms with van der Waals surface area (Å²) in [7, 11) is 2.10. The quantitative estimate of drug-likeness (QED) is 0.840. The van der Waals surface area contributed by atoms with Crippen LogP contribution in [0.2, 0.25) is 5.02 Å². The second-order valence-electron chi connectivity index (χ2n) is 5.33. The number of nitrogens with zero attached hydrogens (tertiary/aromatic N) is 1. The predicted octanol–water partition coefficient (Wildman–Crippen LogP) is 4.54. The van der Waals surface area contributed by atoms with Crippen molar-refractivity contribution < 1.29 is 0 Å². The van der Waals surface area contributed by atoms with E-state index in [2.05, 4.69) is 59.1 Å². The second-order valence-corrected chi connectivity index (χ2v) is 6.59. The van der Waals surface area contributed by atoms with Crippen molar-refractivity contribution in [1.29, 1.82) is 0 Å². The van der Waals surface area contributed by atoms with Crippen molar-refractivity contribution in [2.24, 2.45) is 5.73 Å². The van der Waals surface area contributed by atoms with E-state index in [-0.39, 0.29) is 6.04 Å². The van der Waals surface area contributed by atoms with E-state index < -0.39 is 0 Å². The van der Waals surface area contributed by atoms with Crippen molar-refractivity contribution in [3.63, 3.8) is 0 Å². The molecule has 0 fully saturated rings. The highest BCUT2D eigenvalue weighted by molar-refractivity contribution is 9.10. The molecule has 0 amide bonds. The van der Waals surface area contributed by atoms with Gasteiger partial charge in [-0.2, -0.15) is 0 Å². The van der Waals surface area contributed by atoms with Crippen LogP contribution >= 0.6 is 27.5 Å². The minimum absolute atomic E-state index is 0.167. The molecular formula is C17H20BrClN2. The molecule has 0 aliphatic rings. The SMILES string of the molecule is Cc1ccc(CN(C)C(CN)c2ccc(Cl)c(Br)c2)cc1. The highest BCUT2D eigenvalue weighted by Crippen LogP contribution is 2.28. The van der Waals surface area contributed by atoms with Crippen molar-refractivity contribution in [2.75, 3.05) is 13.6 Å². The monoisotopic (exact) mass is 366 g/mol. The number of hydrogen-bond acceptors (Lipinski definition) is 2. The zero-order chi connectivity index (χ0) is 15.4. The fraction of sp³-hybridized carbons (Fsp3) is 0.294. The van der Waals surface area contributed by atoms with E-state index in [0.29, 0.717) is 6.54 Å². The zero-order valence-corrected chi connectivity index (χ0v) is 14.7. The third-order valence-corrected chi connectivity index (χ3v) is 4.85. The molecule has 1 unspecified atom stereocenters. The largest absolute Gasteiger partial charge is 0.329 e. The van der Waals surface area contributed by atoms with Crippen molar-refractivity contribution in [2.45, 2.75) is 19.5 Å². The molecule has 0 bridgehead atoms. The molecule has 0 spiro atoms. The summed E-state index contributed by atoms with van der Waals surface area (Å²) in [6.07, 6.45) is 0. The molecule has 2 aromatic rings. The Hall–Kier alpha value is -0.870. The normalized spacial score (nSPS) is 12.7. The molecule has 2 rings (SSSR count). The summed E-state index contributed by atoms with van der Waals surface area (Å²) in [5.41, 5.74) is 9.71. The van der Waals surface area contributed by atoms with Crippen LogP contribution in [-0.4, -0.2) is 18.5 Å². The molecule has 2 nitrogen and oxygen atoms in total. The molecular weight excluding hydrogens is 348 g/mol. The third-order valence-electron chi connectivity index (χ3n) is 3.64. The lowest BCUT2D eigenvalue weighted by atomic mass is 10.0. The van der Waals surface area contributed by atoms with Gasteiger partial charge in [-0.05, 0) is 53.2 Å². The van der Waals surface area contributed by atoms with Gasteiger partial charge in [0.15, 0.2) is 0 Å². The smallest absolute Gasteiger partial charge is 0.0548 e. The van der Waals surface area contributed by atoms with Gasteiger partial charge in [-0.25, -0.2) is 0 Å². The van der Waals surface area contributed by atoms with Gasteiger partial charge in [-0.3, -0.25) is 4.90 Å². The molecule has 112 valence electrons. The van der Waals surface area contributed by atoms with E-state index >= 15 is 0 Å². The van der Waals surface area contributed by atoms with E-state index in [1.54, 1.807) is 0 Å². The first-order chi connectivity index (χ1) is 10.0. The van der Waals surface area contributed by atoms with Gasteiger partial charge in [-0.15, -0.1) is 0 Å². The molecule has 0 aliphatic carbocycles. The molecule has 0 heterocycles. The lowest BCUT2D eigenvalue weighted by Gasteiger charge is -2.27. The van der Waals surface area contributed by atoms with E-state index in [1.165, 1.54) is 16.7 Å². The van der Waals surface area contributed by atoms with E-state index in [9.17, 15) is 0 Å². The Balaban J connectivity index is 2.15. The van der Waals surface area contributed by atoms with Gasteiger partial charge in [0.2, 0.25) is 0 Å². The second kappa shape index (κ2) is 7.41. The summed E-state index contributed by atoms with van der Waals surface area (Å²) in [6, 6.07) is 14.8. The van der Waals surface area contributed by atoms with Gasteiger partial charge < -0.3 is 5.73 Å². The Morgan fingerprint density at radius 1 is 1.19 bits per heavy atom.